The van der Waals surface area contributed by atoms with Crippen LogP contribution in [0, 0.1) is 15.4 Å². The highest BCUT2D eigenvalue weighted by Gasteiger charge is 2.27. The van der Waals surface area contributed by atoms with Gasteiger partial charge in [-0.15, -0.1) is 0 Å². The molecule has 1 saturated carbocycles. The molecular formula is C14H19ClIN. The van der Waals surface area contributed by atoms with E-state index in [1.54, 1.807) is 0 Å². The Bertz CT molecular complexity index is 384. The Balaban J connectivity index is 2.13. The summed E-state index contributed by atoms with van der Waals surface area (Å²) < 4.78 is 1.21. The Labute approximate surface area is 122 Å². The lowest BCUT2D eigenvalue weighted by Crippen LogP contribution is -2.37. The smallest absolute Gasteiger partial charge is 0.0479 e. The highest BCUT2D eigenvalue weighted by molar-refractivity contribution is 14.1. The van der Waals surface area contributed by atoms with Gasteiger partial charge < -0.3 is 5.32 Å². The van der Waals surface area contributed by atoms with Crippen molar-refractivity contribution in [2.24, 2.45) is 11.8 Å². The maximum atomic E-state index is 5.98. The minimum atomic E-state index is 0.596. The van der Waals surface area contributed by atoms with Crippen molar-refractivity contribution < 1.29 is 0 Å². The molecule has 94 valence electrons. The molecule has 1 aliphatic rings. The number of hydrogen-bond acceptors (Lipinski definition) is 1. The molecule has 3 heteroatoms. The van der Waals surface area contributed by atoms with Crippen molar-refractivity contribution in [3.05, 3.63) is 26.8 Å². The number of nitrogens with one attached hydrogen (secondary N) is 1. The Morgan fingerprint density at radius 2 is 1.88 bits per heavy atom. The summed E-state index contributed by atoms with van der Waals surface area (Å²) in [7, 11) is 0. The summed E-state index contributed by atoms with van der Waals surface area (Å²) in [5, 5.41) is 4.52. The molecule has 0 aliphatic heterocycles. The lowest BCUT2D eigenvalue weighted by molar-refractivity contribution is 0.268. The first-order valence-electron chi connectivity index (χ1n) is 6.29. The molecule has 1 nitrogen and oxygen atoms in total. The molecule has 0 radical (unpaired) electrons. The molecule has 2 unspecified atom stereocenters. The zero-order chi connectivity index (χ0) is 12.4. The molecule has 1 aliphatic carbocycles. The summed E-state index contributed by atoms with van der Waals surface area (Å²) in [6, 6.07) is 6.67. The fourth-order valence-electron chi connectivity index (χ4n) is 2.75. The van der Waals surface area contributed by atoms with Crippen molar-refractivity contribution in [3.63, 3.8) is 0 Å². The molecule has 2 rings (SSSR count). The Morgan fingerprint density at radius 1 is 1.24 bits per heavy atom. The lowest BCUT2D eigenvalue weighted by atomic mass is 9.78. The minimum Gasteiger partial charge on any atom is -0.381 e. The van der Waals surface area contributed by atoms with E-state index in [1.807, 2.05) is 12.1 Å². The van der Waals surface area contributed by atoms with Gasteiger partial charge in [0.15, 0.2) is 0 Å². The standard InChI is InChI=1S/C14H19ClIN/c1-9-4-3-5-10(2)14(9)17-13-7-6-11(15)8-12(13)16/h6-10,14,17H,3-5H2,1-2H3. The largest absolute Gasteiger partial charge is 0.381 e. The van der Waals surface area contributed by atoms with Gasteiger partial charge in [0, 0.05) is 20.3 Å². The summed E-state index contributed by atoms with van der Waals surface area (Å²) in [5.41, 5.74) is 1.22. The molecule has 1 N–H and O–H groups in total. The first-order valence-corrected chi connectivity index (χ1v) is 7.75. The number of halogens is 2. The molecule has 1 aromatic rings. The van der Waals surface area contributed by atoms with E-state index in [9.17, 15) is 0 Å². The van der Waals surface area contributed by atoms with Crippen LogP contribution in [0.25, 0.3) is 0 Å². The van der Waals surface area contributed by atoms with Crippen molar-refractivity contribution in [3.8, 4) is 0 Å². The molecule has 0 aromatic heterocycles. The molecule has 0 spiro atoms. The van der Waals surface area contributed by atoms with Crippen LogP contribution in [-0.2, 0) is 0 Å². The van der Waals surface area contributed by atoms with E-state index in [2.05, 4.69) is 47.8 Å². The SMILES string of the molecule is CC1CCCC(C)C1Nc1ccc(Cl)cc1I. The molecule has 2 atom stereocenters. The number of anilines is 1. The van der Waals surface area contributed by atoms with E-state index in [1.165, 1.54) is 28.5 Å². The second kappa shape index (κ2) is 5.79. The van der Waals surface area contributed by atoms with E-state index in [0.29, 0.717) is 6.04 Å². The van der Waals surface area contributed by atoms with E-state index in [0.717, 1.165) is 16.9 Å². The van der Waals surface area contributed by atoms with Crippen LogP contribution in [0.4, 0.5) is 5.69 Å². The van der Waals surface area contributed by atoms with E-state index < -0.39 is 0 Å². The molecule has 0 amide bonds. The Hall–Kier alpha value is 0.0400. The quantitative estimate of drug-likeness (QED) is 0.714. The van der Waals surface area contributed by atoms with Crippen molar-refractivity contribution in [1.82, 2.24) is 0 Å². The number of rotatable bonds is 2. The zero-order valence-electron chi connectivity index (χ0n) is 10.3. The maximum absolute atomic E-state index is 5.98. The van der Waals surface area contributed by atoms with Gasteiger partial charge >= 0.3 is 0 Å². The highest BCUT2D eigenvalue weighted by atomic mass is 127. The van der Waals surface area contributed by atoms with Crippen LogP contribution in [-0.4, -0.2) is 6.04 Å². The summed E-state index contributed by atoms with van der Waals surface area (Å²) in [6.07, 6.45) is 4.05. The summed E-state index contributed by atoms with van der Waals surface area (Å²) in [5.74, 6) is 1.51. The molecular weight excluding hydrogens is 345 g/mol. The van der Waals surface area contributed by atoms with Crippen molar-refractivity contribution in [2.45, 2.75) is 39.2 Å². The molecule has 0 heterocycles. The second-order valence-corrected chi connectivity index (χ2v) is 6.78. The van der Waals surface area contributed by atoms with E-state index >= 15 is 0 Å². The molecule has 17 heavy (non-hydrogen) atoms. The van der Waals surface area contributed by atoms with Gasteiger partial charge in [0.2, 0.25) is 0 Å². The first kappa shape index (κ1) is 13.5. The predicted octanol–water partition coefficient (Wildman–Crippen LogP) is 5.18. The van der Waals surface area contributed by atoms with Gasteiger partial charge in [-0.3, -0.25) is 0 Å². The summed E-state index contributed by atoms with van der Waals surface area (Å²) >= 11 is 8.33. The van der Waals surface area contributed by atoms with Gasteiger partial charge in [0.25, 0.3) is 0 Å². The van der Waals surface area contributed by atoms with Crippen LogP contribution in [0.2, 0.25) is 5.02 Å². The molecule has 0 bridgehead atoms. The monoisotopic (exact) mass is 363 g/mol. The second-order valence-electron chi connectivity index (χ2n) is 5.18. The van der Waals surface area contributed by atoms with Gasteiger partial charge in [0.05, 0.1) is 0 Å². The van der Waals surface area contributed by atoms with Crippen LogP contribution in [0.3, 0.4) is 0 Å². The lowest BCUT2D eigenvalue weighted by Gasteiger charge is -2.36. The summed E-state index contributed by atoms with van der Waals surface area (Å²) in [4.78, 5) is 0. The van der Waals surface area contributed by atoms with Gasteiger partial charge in [0.1, 0.15) is 0 Å². The maximum Gasteiger partial charge on any atom is 0.0479 e. The molecule has 1 aromatic carbocycles. The highest BCUT2D eigenvalue weighted by Crippen LogP contribution is 2.32. The normalized spacial score (nSPS) is 29.1. The van der Waals surface area contributed by atoms with Gasteiger partial charge in [-0.05, 0) is 65.5 Å². The van der Waals surface area contributed by atoms with Gasteiger partial charge in [-0.25, -0.2) is 0 Å². The van der Waals surface area contributed by atoms with Crippen LogP contribution in [0.1, 0.15) is 33.1 Å². The molecule has 0 saturated heterocycles. The average molecular weight is 364 g/mol. The van der Waals surface area contributed by atoms with Crippen molar-refractivity contribution >= 4 is 39.9 Å². The van der Waals surface area contributed by atoms with Crippen LogP contribution in [0.15, 0.2) is 18.2 Å². The van der Waals surface area contributed by atoms with Crippen molar-refractivity contribution in [1.29, 1.82) is 0 Å². The molecule has 1 fully saturated rings. The topological polar surface area (TPSA) is 12.0 Å². The van der Waals surface area contributed by atoms with Crippen LogP contribution in [0.5, 0.6) is 0 Å². The van der Waals surface area contributed by atoms with Gasteiger partial charge in [-0.2, -0.15) is 0 Å². The Morgan fingerprint density at radius 3 is 2.47 bits per heavy atom. The van der Waals surface area contributed by atoms with E-state index in [-0.39, 0.29) is 0 Å². The Kier molecular flexibility index (Phi) is 4.59. The fraction of sp³-hybridized carbons (Fsp3) is 0.571. The predicted molar refractivity (Wildman–Crippen MR) is 83.8 cm³/mol. The summed E-state index contributed by atoms with van der Waals surface area (Å²) in [6.45, 7) is 4.71. The first-order chi connectivity index (χ1) is 8.08. The minimum absolute atomic E-state index is 0.596. The van der Waals surface area contributed by atoms with Gasteiger partial charge in [-0.1, -0.05) is 31.9 Å². The third-order valence-electron chi connectivity index (χ3n) is 3.80. The van der Waals surface area contributed by atoms with Crippen molar-refractivity contribution in [2.75, 3.05) is 5.32 Å². The van der Waals surface area contributed by atoms with E-state index in [4.69, 9.17) is 11.6 Å². The number of hydrogen-bond donors (Lipinski definition) is 1. The van der Waals surface area contributed by atoms with Crippen LogP contribution < -0.4 is 5.32 Å². The van der Waals surface area contributed by atoms with Crippen LogP contribution >= 0.6 is 34.2 Å². The number of benzene rings is 1. The third-order valence-corrected chi connectivity index (χ3v) is 4.93. The third kappa shape index (κ3) is 3.28. The zero-order valence-corrected chi connectivity index (χ0v) is 13.3. The fourth-order valence-corrected chi connectivity index (χ4v) is 3.78. The average Bonchev–Trinajstić information content (AvgIpc) is 2.26.